The summed E-state index contributed by atoms with van der Waals surface area (Å²) in [6.07, 6.45) is 0.771. The van der Waals surface area contributed by atoms with Crippen LogP contribution in [0.1, 0.15) is 32.7 Å². The summed E-state index contributed by atoms with van der Waals surface area (Å²) in [5, 5.41) is 5.64. The first kappa shape index (κ1) is 17.7. The predicted octanol–water partition coefficient (Wildman–Crippen LogP) is 3.01. The number of methoxy groups -OCH3 is 1. The molecule has 0 aliphatic rings. The molecule has 2 aromatic carbocycles. The Balaban J connectivity index is 1.90. The van der Waals surface area contributed by atoms with E-state index in [1.807, 2.05) is 19.1 Å². The van der Waals surface area contributed by atoms with E-state index in [4.69, 9.17) is 4.74 Å². The molecular weight excluding hydrogens is 304 g/mol. The lowest BCUT2D eigenvalue weighted by molar-refractivity contribution is 0.0948. The number of amides is 2. The average Bonchev–Trinajstić information content (AvgIpc) is 2.59. The Morgan fingerprint density at radius 2 is 1.50 bits per heavy atom. The molecule has 2 rings (SSSR count). The van der Waals surface area contributed by atoms with Crippen molar-refractivity contribution in [3.05, 3.63) is 65.2 Å². The van der Waals surface area contributed by atoms with Crippen LogP contribution < -0.4 is 10.6 Å². The zero-order chi connectivity index (χ0) is 17.4. The summed E-state index contributed by atoms with van der Waals surface area (Å²) in [4.78, 5) is 24.1. The van der Waals surface area contributed by atoms with Crippen LogP contribution in [0.15, 0.2) is 48.5 Å². The SMILES string of the molecule is COCCCNC(=O)c1ccc(NC(=O)c2ccc(C)cc2)cc1. The Labute approximate surface area is 142 Å². The maximum atomic E-state index is 12.1. The molecule has 5 nitrogen and oxygen atoms in total. The fourth-order valence-electron chi connectivity index (χ4n) is 2.13. The Morgan fingerprint density at radius 1 is 0.917 bits per heavy atom. The molecule has 2 aromatic rings. The van der Waals surface area contributed by atoms with Gasteiger partial charge in [0.15, 0.2) is 0 Å². The van der Waals surface area contributed by atoms with Gasteiger partial charge in [0.2, 0.25) is 0 Å². The van der Waals surface area contributed by atoms with Crippen molar-refractivity contribution in [1.82, 2.24) is 5.32 Å². The van der Waals surface area contributed by atoms with E-state index < -0.39 is 0 Å². The summed E-state index contributed by atoms with van der Waals surface area (Å²) < 4.78 is 4.93. The second-order valence-corrected chi connectivity index (χ2v) is 5.50. The maximum Gasteiger partial charge on any atom is 0.255 e. The normalized spacial score (nSPS) is 10.2. The van der Waals surface area contributed by atoms with Crippen LogP contribution in [0.2, 0.25) is 0 Å². The lowest BCUT2D eigenvalue weighted by Crippen LogP contribution is -2.25. The Hall–Kier alpha value is -2.66. The Morgan fingerprint density at radius 3 is 2.12 bits per heavy atom. The molecule has 0 saturated heterocycles. The third-order valence-corrected chi connectivity index (χ3v) is 3.53. The third-order valence-electron chi connectivity index (χ3n) is 3.53. The minimum Gasteiger partial charge on any atom is -0.385 e. The third kappa shape index (κ3) is 5.21. The standard InChI is InChI=1S/C19H22N2O3/c1-14-4-6-16(7-5-14)19(23)21-17-10-8-15(9-11-17)18(22)20-12-3-13-24-2/h4-11H,3,12-13H2,1-2H3,(H,20,22)(H,21,23). The molecule has 0 aliphatic carbocycles. The van der Waals surface area contributed by atoms with Gasteiger partial charge in [-0.3, -0.25) is 9.59 Å². The molecule has 2 N–H and O–H groups in total. The van der Waals surface area contributed by atoms with E-state index in [1.54, 1.807) is 43.5 Å². The van der Waals surface area contributed by atoms with Gasteiger partial charge in [0.1, 0.15) is 0 Å². The Kier molecular flexibility index (Phi) is 6.51. The molecule has 2 amide bonds. The number of benzene rings is 2. The molecule has 0 radical (unpaired) electrons. The molecule has 0 aliphatic heterocycles. The lowest BCUT2D eigenvalue weighted by Gasteiger charge is -2.08. The summed E-state index contributed by atoms with van der Waals surface area (Å²) in [5.41, 5.74) is 2.91. The highest BCUT2D eigenvalue weighted by Gasteiger charge is 2.08. The number of hydrogen-bond acceptors (Lipinski definition) is 3. The predicted molar refractivity (Wildman–Crippen MR) is 94.4 cm³/mol. The van der Waals surface area contributed by atoms with E-state index in [1.165, 1.54) is 0 Å². The monoisotopic (exact) mass is 326 g/mol. The smallest absolute Gasteiger partial charge is 0.255 e. The maximum absolute atomic E-state index is 12.1. The molecule has 0 bridgehead atoms. The van der Waals surface area contributed by atoms with Crippen LogP contribution in [0.4, 0.5) is 5.69 Å². The second-order valence-electron chi connectivity index (χ2n) is 5.50. The number of carbonyl (C=O) groups excluding carboxylic acids is 2. The molecule has 0 fully saturated rings. The van der Waals surface area contributed by atoms with Crippen molar-refractivity contribution in [1.29, 1.82) is 0 Å². The molecule has 0 spiro atoms. The van der Waals surface area contributed by atoms with Crippen molar-refractivity contribution in [2.75, 3.05) is 25.6 Å². The van der Waals surface area contributed by atoms with E-state index in [-0.39, 0.29) is 11.8 Å². The van der Waals surface area contributed by atoms with Crippen LogP contribution in [-0.2, 0) is 4.74 Å². The molecule has 24 heavy (non-hydrogen) atoms. The van der Waals surface area contributed by atoms with Crippen molar-refractivity contribution in [2.24, 2.45) is 0 Å². The molecule has 126 valence electrons. The van der Waals surface area contributed by atoms with E-state index >= 15 is 0 Å². The Bertz CT molecular complexity index is 679. The van der Waals surface area contributed by atoms with Gasteiger partial charge in [0.05, 0.1) is 0 Å². The first-order valence-electron chi connectivity index (χ1n) is 7.85. The highest BCUT2D eigenvalue weighted by atomic mass is 16.5. The van der Waals surface area contributed by atoms with Gasteiger partial charge >= 0.3 is 0 Å². The number of rotatable bonds is 7. The summed E-state index contributed by atoms with van der Waals surface area (Å²) in [6.45, 7) is 3.16. The topological polar surface area (TPSA) is 67.4 Å². The fraction of sp³-hybridized carbons (Fsp3) is 0.263. The largest absolute Gasteiger partial charge is 0.385 e. The zero-order valence-electron chi connectivity index (χ0n) is 14.0. The molecule has 0 heterocycles. The van der Waals surface area contributed by atoms with Gasteiger partial charge in [-0.25, -0.2) is 0 Å². The van der Waals surface area contributed by atoms with Crippen LogP contribution in [0, 0.1) is 6.92 Å². The highest BCUT2D eigenvalue weighted by Crippen LogP contribution is 2.12. The number of nitrogens with one attached hydrogen (secondary N) is 2. The van der Waals surface area contributed by atoms with Crippen molar-refractivity contribution >= 4 is 17.5 Å². The highest BCUT2D eigenvalue weighted by molar-refractivity contribution is 6.04. The van der Waals surface area contributed by atoms with Gasteiger partial charge in [0, 0.05) is 37.1 Å². The zero-order valence-corrected chi connectivity index (χ0v) is 14.0. The van der Waals surface area contributed by atoms with Crippen molar-refractivity contribution in [3.63, 3.8) is 0 Å². The van der Waals surface area contributed by atoms with E-state index in [0.717, 1.165) is 12.0 Å². The number of hydrogen-bond donors (Lipinski definition) is 2. The van der Waals surface area contributed by atoms with Crippen LogP contribution >= 0.6 is 0 Å². The molecule has 0 saturated carbocycles. The van der Waals surface area contributed by atoms with Gasteiger partial charge in [-0.05, 0) is 49.7 Å². The van der Waals surface area contributed by atoms with Crippen molar-refractivity contribution < 1.29 is 14.3 Å². The molecule has 5 heteroatoms. The molecule has 0 aromatic heterocycles. The van der Waals surface area contributed by atoms with Crippen molar-refractivity contribution in [2.45, 2.75) is 13.3 Å². The van der Waals surface area contributed by atoms with Crippen molar-refractivity contribution in [3.8, 4) is 0 Å². The van der Waals surface area contributed by atoms with E-state index in [2.05, 4.69) is 10.6 Å². The average molecular weight is 326 g/mol. The van der Waals surface area contributed by atoms with Gasteiger partial charge in [0.25, 0.3) is 11.8 Å². The summed E-state index contributed by atoms with van der Waals surface area (Å²) in [6, 6.07) is 14.2. The second kappa shape index (κ2) is 8.84. The fourth-order valence-corrected chi connectivity index (χ4v) is 2.13. The van der Waals surface area contributed by atoms with Crippen LogP contribution in [-0.4, -0.2) is 32.1 Å². The first-order chi connectivity index (χ1) is 11.6. The lowest BCUT2D eigenvalue weighted by atomic mass is 10.1. The van der Waals surface area contributed by atoms with Gasteiger partial charge in [-0.2, -0.15) is 0 Å². The minimum atomic E-state index is -0.174. The van der Waals surface area contributed by atoms with Gasteiger partial charge < -0.3 is 15.4 Å². The van der Waals surface area contributed by atoms with Crippen LogP contribution in [0.5, 0.6) is 0 Å². The van der Waals surface area contributed by atoms with E-state index in [9.17, 15) is 9.59 Å². The van der Waals surface area contributed by atoms with Gasteiger partial charge in [-0.15, -0.1) is 0 Å². The number of carbonyl (C=O) groups is 2. The molecule has 0 atom stereocenters. The van der Waals surface area contributed by atoms with Crippen LogP contribution in [0.3, 0.4) is 0 Å². The minimum absolute atomic E-state index is 0.137. The number of ether oxygens (including phenoxy) is 1. The van der Waals surface area contributed by atoms with Crippen LogP contribution in [0.25, 0.3) is 0 Å². The number of aryl methyl sites for hydroxylation is 1. The number of anilines is 1. The van der Waals surface area contributed by atoms with E-state index in [0.29, 0.717) is 30.0 Å². The quantitative estimate of drug-likeness (QED) is 0.769. The molecular formula is C19H22N2O3. The first-order valence-corrected chi connectivity index (χ1v) is 7.85. The summed E-state index contributed by atoms with van der Waals surface area (Å²) in [5.74, 6) is -0.311. The summed E-state index contributed by atoms with van der Waals surface area (Å²) in [7, 11) is 1.63. The summed E-state index contributed by atoms with van der Waals surface area (Å²) >= 11 is 0. The molecule has 0 unspecified atom stereocenters. The van der Waals surface area contributed by atoms with Gasteiger partial charge in [-0.1, -0.05) is 17.7 Å².